The molecule has 1 N–H and O–H groups in total. The normalized spacial score (nSPS) is 11.0. The van der Waals surface area contributed by atoms with Crippen LogP contribution in [0.2, 0.25) is 0 Å². The number of nitrogens with one attached hydrogen (secondary N) is 1. The van der Waals surface area contributed by atoms with Crippen molar-refractivity contribution in [3.05, 3.63) is 29.8 Å². The van der Waals surface area contributed by atoms with Crippen molar-refractivity contribution < 1.29 is 4.74 Å². The SMILES string of the molecule is CN=C(NCC(C)C)N(C)Cc1ccc(OC)cc1.I. The first-order chi connectivity index (χ1) is 9.06. The standard InChI is InChI=1S/C15H25N3O.HI/c1-12(2)10-17-15(16-3)18(4)11-13-6-8-14(19-5)9-7-13;/h6-9,12H,10-11H2,1-5H3,(H,16,17);1H. The summed E-state index contributed by atoms with van der Waals surface area (Å²) in [5.74, 6) is 2.41. The third-order valence-electron chi connectivity index (χ3n) is 2.82. The van der Waals surface area contributed by atoms with Crippen LogP contribution in [0.3, 0.4) is 0 Å². The molecule has 0 heterocycles. The summed E-state index contributed by atoms with van der Waals surface area (Å²) < 4.78 is 5.16. The molecule has 0 aromatic heterocycles. The largest absolute Gasteiger partial charge is 0.497 e. The van der Waals surface area contributed by atoms with Crippen LogP contribution in [0.15, 0.2) is 29.3 Å². The lowest BCUT2D eigenvalue weighted by atomic mass is 10.2. The summed E-state index contributed by atoms with van der Waals surface area (Å²) in [5.41, 5.74) is 1.23. The van der Waals surface area contributed by atoms with Gasteiger partial charge in [-0.1, -0.05) is 26.0 Å². The summed E-state index contributed by atoms with van der Waals surface area (Å²) in [6.07, 6.45) is 0. The molecule has 0 unspecified atom stereocenters. The summed E-state index contributed by atoms with van der Waals surface area (Å²) in [6.45, 7) is 6.12. The summed E-state index contributed by atoms with van der Waals surface area (Å²) in [4.78, 5) is 6.41. The van der Waals surface area contributed by atoms with Crippen LogP contribution in [0.1, 0.15) is 19.4 Å². The number of ether oxygens (including phenoxy) is 1. The minimum atomic E-state index is 0. The van der Waals surface area contributed by atoms with E-state index in [1.165, 1.54) is 5.56 Å². The van der Waals surface area contributed by atoms with E-state index in [-0.39, 0.29) is 24.0 Å². The highest BCUT2D eigenvalue weighted by atomic mass is 127. The topological polar surface area (TPSA) is 36.9 Å². The van der Waals surface area contributed by atoms with Gasteiger partial charge >= 0.3 is 0 Å². The summed E-state index contributed by atoms with van der Waals surface area (Å²) in [5, 5.41) is 3.36. The molecule has 0 saturated heterocycles. The molecule has 20 heavy (non-hydrogen) atoms. The zero-order valence-corrected chi connectivity index (χ0v) is 15.3. The first kappa shape index (κ1) is 19.0. The van der Waals surface area contributed by atoms with Gasteiger partial charge < -0.3 is 15.0 Å². The molecule has 1 aromatic carbocycles. The summed E-state index contributed by atoms with van der Waals surface area (Å²) in [6, 6.07) is 8.11. The maximum absolute atomic E-state index is 5.16. The number of rotatable bonds is 5. The van der Waals surface area contributed by atoms with Gasteiger partial charge in [0.05, 0.1) is 7.11 Å². The quantitative estimate of drug-likeness (QED) is 0.477. The van der Waals surface area contributed by atoms with E-state index in [0.717, 1.165) is 24.8 Å². The van der Waals surface area contributed by atoms with Crippen LogP contribution in [0, 0.1) is 5.92 Å². The Morgan fingerprint density at radius 3 is 2.35 bits per heavy atom. The number of nitrogens with zero attached hydrogens (tertiary/aromatic N) is 2. The van der Waals surface area contributed by atoms with Crippen LogP contribution in [-0.4, -0.2) is 38.6 Å². The molecule has 0 saturated carbocycles. The smallest absolute Gasteiger partial charge is 0.193 e. The molecule has 0 amide bonds. The molecule has 114 valence electrons. The van der Waals surface area contributed by atoms with E-state index in [1.54, 1.807) is 7.11 Å². The molecule has 0 aliphatic rings. The molecule has 0 atom stereocenters. The second-order valence-electron chi connectivity index (χ2n) is 5.03. The van der Waals surface area contributed by atoms with Crippen molar-refractivity contribution in [1.29, 1.82) is 0 Å². The highest BCUT2D eigenvalue weighted by Gasteiger charge is 2.07. The third-order valence-corrected chi connectivity index (χ3v) is 2.82. The number of hydrogen-bond acceptors (Lipinski definition) is 2. The van der Waals surface area contributed by atoms with E-state index in [9.17, 15) is 0 Å². The highest BCUT2D eigenvalue weighted by Crippen LogP contribution is 2.12. The van der Waals surface area contributed by atoms with E-state index in [1.807, 2.05) is 26.2 Å². The van der Waals surface area contributed by atoms with Crippen LogP contribution in [0.4, 0.5) is 0 Å². The van der Waals surface area contributed by atoms with Crippen molar-refractivity contribution in [2.45, 2.75) is 20.4 Å². The molecular weight excluding hydrogens is 365 g/mol. The molecule has 1 rings (SSSR count). The Morgan fingerprint density at radius 1 is 1.30 bits per heavy atom. The number of hydrogen-bond donors (Lipinski definition) is 1. The molecule has 1 aromatic rings. The summed E-state index contributed by atoms with van der Waals surface area (Å²) >= 11 is 0. The van der Waals surface area contributed by atoms with Crippen molar-refractivity contribution in [1.82, 2.24) is 10.2 Å². The number of methoxy groups -OCH3 is 1. The predicted octanol–water partition coefficient (Wildman–Crippen LogP) is 2.98. The Hall–Kier alpha value is -0.980. The number of benzene rings is 1. The van der Waals surface area contributed by atoms with Gasteiger partial charge in [-0.3, -0.25) is 4.99 Å². The maximum atomic E-state index is 5.16. The highest BCUT2D eigenvalue weighted by molar-refractivity contribution is 14.0. The minimum Gasteiger partial charge on any atom is -0.497 e. The first-order valence-corrected chi connectivity index (χ1v) is 6.61. The van der Waals surface area contributed by atoms with Gasteiger partial charge in [0.2, 0.25) is 0 Å². The van der Waals surface area contributed by atoms with Crippen molar-refractivity contribution in [2.24, 2.45) is 10.9 Å². The monoisotopic (exact) mass is 391 g/mol. The lowest BCUT2D eigenvalue weighted by Crippen LogP contribution is -2.40. The Morgan fingerprint density at radius 2 is 1.90 bits per heavy atom. The van der Waals surface area contributed by atoms with Crippen molar-refractivity contribution in [2.75, 3.05) is 27.7 Å². The van der Waals surface area contributed by atoms with Gasteiger partial charge in [0.1, 0.15) is 5.75 Å². The maximum Gasteiger partial charge on any atom is 0.193 e. The number of aliphatic imine (C=N–C) groups is 1. The second kappa shape index (κ2) is 9.85. The molecule has 0 radical (unpaired) electrons. The van der Waals surface area contributed by atoms with Crippen LogP contribution >= 0.6 is 24.0 Å². The van der Waals surface area contributed by atoms with E-state index in [2.05, 4.69) is 41.2 Å². The van der Waals surface area contributed by atoms with Crippen LogP contribution in [-0.2, 0) is 6.54 Å². The van der Waals surface area contributed by atoms with E-state index in [4.69, 9.17) is 4.74 Å². The minimum absolute atomic E-state index is 0. The molecule has 0 spiro atoms. The van der Waals surface area contributed by atoms with E-state index < -0.39 is 0 Å². The van der Waals surface area contributed by atoms with Gasteiger partial charge in [0.25, 0.3) is 0 Å². The van der Waals surface area contributed by atoms with Gasteiger partial charge in [0.15, 0.2) is 5.96 Å². The molecule has 0 fully saturated rings. The molecule has 4 nitrogen and oxygen atoms in total. The molecule has 0 aliphatic carbocycles. The second-order valence-corrected chi connectivity index (χ2v) is 5.03. The third kappa shape index (κ3) is 6.45. The molecular formula is C15H26IN3O. The lowest BCUT2D eigenvalue weighted by molar-refractivity contribution is 0.414. The fourth-order valence-corrected chi connectivity index (χ4v) is 1.76. The fourth-order valence-electron chi connectivity index (χ4n) is 1.76. The van der Waals surface area contributed by atoms with Crippen LogP contribution < -0.4 is 10.1 Å². The Labute approximate surface area is 139 Å². The van der Waals surface area contributed by atoms with Gasteiger partial charge in [-0.15, -0.1) is 24.0 Å². The van der Waals surface area contributed by atoms with E-state index in [0.29, 0.717) is 5.92 Å². The zero-order chi connectivity index (χ0) is 14.3. The number of guanidine groups is 1. The zero-order valence-electron chi connectivity index (χ0n) is 13.0. The average Bonchev–Trinajstić information content (AvgIpc) is 2.40. The average molecular weight is 391 g/mol. The summed E-state index contributed by atoms with van der Waals surface area (Å²) in [7, 11) is 5.53. The Bertz CT molecular complexity index is 404. The van der Waals surface area contributed by atoms with Crippen LogP contribution in [0.5, 0.6) is 5.75 Å². The fraction of sp³-hybridized carbons (Fsp3) is 0.533. The van der Waals surface area contributed by atoms with Crippen molar-refractivity contribution >= 4 is 29.9 Å². The first-order valence-electron chi connectivity index (χ1n) is 6.61. The molecule has 0 bridgehead atoms. The van der Waals surface area contributed by atoms with Crippen molar-refractivity contribution in [3.63, 3.8) is 0 Å². The van der Waals surface area contributed by atoms with Gasteiger partial charge in [-0.2, -0.15) is 0 Å². The molecule has 0 aliphatic heterocycles. The predicted molar refractivity (Wildman–Crippen MR) is 96.1 cm³/mol. The van der Waals surface area contributed by atoms with E-state index >= 15 is 0 Å². The van der Waals surface area contributed by atoms with Crippen LogP contribution in [0.25, 0.3) is 0 Å². The number of halogens is 1. The van der Waals surface area contributed by atoms with Gasteiger partial charge in [-0.05, 0) is 23.6 Å². The Balaban J connectivity index is 0.00000361. The van der Waals surface area contributed by atoms with Crippen molar-refractivity contribution in [3.8, 4) is 5.75 Å². The van der Waals surface area contributed by atoms with Gasteiger partial charge in [-0.25, -0.2) is 0 Å². The van der Waals surface area contributed by atoms with Gasteiger partial charge in [0, 0.05) is 27.2 Å². The Kier molecular flexibility index (Phi) is 9.37. The lowest BCUT2D eigenvalue weighted by Gasteiger charge is -2.23. The molecule has 5 heteroatoms.